The lowest BCUT2D eigenvalue weighted by molar-refractivity contribution is -0.112. The van der Waals surface area contributed by atoms with Gasteiger partial charge in [0.1, 0.15) is 17.4 Å². The minimum absolute atomic E-state index is 0.0555. The highest BCUT2D eigenvalue weighted by Gasteiger charge is 2.10. The molecule has 22 heavy (non-hydrogen) atoms. The molecule has 0 aromatic heterocycles. The van der Waals surface area contributed by atoms with Crippen molar-refractivity contribution in [3.63, 3.8) is 0 Å². The van der Waals surface area contributed by atoms with Crippen molar-refractivity contribution in [1.29, 1.82) is 5.26 Å². The SMILES string of the molecule is COc1ccc(NC(=O)/C(C#N)=C\c2ccccc2I)cc1. The summed E-state index contributed by atoms with van der Waals surface area (Å²) in [7, 11) is 1.57. The average molecular weight is 404 g/mol. The molecule has 0 aliphatic rings. The van der Waals surface area contributed by atoms with Crippen LogP contribution in [0.5, 0.6) is 5.75 Å². The summed E-state index contributed by atoms with van der Waals surface area (Å²) in [5.74, 6) is 0.264. The summed E-state index contributed by atoms with van der Waals surface area (Å²) in [6.07, 6.45) is 1.58. The zero-order valence-corrected chi connectivity index (χ0v) is 14.0. The molecule has 0 aliphatic carbocycles. The minimum atomic E-state index is -0.438. The van der Waals surface area contributed by atoms with Gasteiger partial charge in [0.25, 0.3) is 5.91 Å². The molecule has 0 atom stereocenters. The maximum absolute atomic E-state index is 12.2. The van der Waals surface area contributed by atoms with Crippen LogP contribution in [0.4, 0.5) is 5.69 Å². The summed E-state index contributed by atoms with van der Waals surface area (Å²) in [4.78, 5) is 12.2. The van der Waals surface area contributed by atoms with Crippen LogP contribution >= 0.6 is 22.6 Å². The summed E-state index contributed by atoms with van der Waals surface area (Å²) < 4.78 is 6.03. The molecular weight excluding hydrogens is 391 g/mol. The second kappa shape index (κ2) is 7.61. The Hall–Kier alpha value is -2.33. The van der Waals surface area contributed by atoms with Crippen molar-refractivity contribution in [2.45, 2.75) is 0 Å². The van der Waals surface area contributed by atoms with Gasteiger partial charge in [0.15, 0.2) is 0 Å². The molecule has 2 rings (SSSR count). The molecule has 110 valence electrons. The van der Waals surface area contributed by atoms with E-state index >= 15 is 0 Å². The highest BCUT2D eigenvalue weighted by atomic mass is 127. The molecule has 0 unspecified atom stereocenters. The van der Waals surface area contributed by atoms with Gasteiger partial charge in [-0.3, -0.25) is 4.79 Å². The molecule has 2 aromatic carbocycles. The number of hydrogen-bond donors (Lipinski definition) is 1. The maximum Gasteiger partial charge on any atom is 0.266 e. The molecule has 4 nitrogen and oxygen atoms in total. The molecule has 2 aromatic rings. The number of anilines is 1. The zero-order chi connectivity index (χ0) is 15.9. The Morgan fingerprint density at radius 1 is 1.23 bits per heavy atom. The number of amides is 1. The van der Waals surface area contributed by atoms with Crippen LogP contribution < -0.4 is 10.1 Å². The van der Waals surface area contributed by atoms with Crippen LogP contribution in [0.1, 0.15) is 5.56 Å². The first kappa shape index (κ1) is 16.0. The Morgan fingerprint density at radius 3 is 2.50 bits per heavy atom. The van der Waals surface area contributed by atoms with Crippen molar-refractivity contribution < 1.29 is 9.53 Å². The number of rotatable bonds is 4. The third-order valence-electron chi connectivity index (χ3n) is 2.92. The van der Waals surface area contributed by atoms with Gasteiger partial charge in [-0.15, -0.1) is 0 Å². The van der Waals surface area contributed by atoms with E-state index < -0.39 is 5.91 Å². The molecule has 0 bridgehead atoms. The Bertz CT molecular complexity index is 746. The monoisotopic (exact) mass is 404 g/mol. The maximum atomic E-state index is 12.2. The van der Waals surface area contributed by atoms with Gasteiger partial charge in [-0.2, -0.15) is 5.26 Å². The van der Waals surface area contributed by atoms with Crippen molar-refractivity contribution in [2.24, 2.45) is 0 Å². The quantitative estimate of drug-likeness (QED) is 0.479. The molecule has 5 heteroatoms. The van der Waals surface area contributed by atoms with Crippen LogP contribution in [0.25, 0.3) is 6.08 Å². The molecule has 0 fully saturated rings. The first-order valence-corrected chi connectivity index (χ1v) is 7.53. The van der Waals surface area contributed by atoms with E-state index in [0.717, 1.165) is 9.13 Å². The number of nitriles is 1. The molecular formula is C17H13IN2O2. The van der Waals surface area contributed by atoms with Crippen LogP contribution in [0, 0.1) is 14.9 Å². The Balaban J connectivity index is 2.19. The Kier molecular flexibility index (Phi) is 5.55. The summed E-state index contributed by atoms with van der Waals surface area (Å²) >= 11 is 2.17. The molecule has 0 spiro atoms. The van der Waals surface area contributed by atoms with Gasteiger partial charge >= 0.3 is 0 Å². The van der Waals surface area contributed by atoms with E-state index in [9.17, 15) is 10.1 Å². The Morgan fingerprint density at radius 2 is 1.91 bits per heavy atom. The summed E-state index contributed by atoms with van der Waals surface area (Å²) in [6, 6.07) is 16.4. The van der Waals surface area contributed by atoms with Gasteiger partial charge < -0.3 is 10.1 Å². The summed E-state index contributed by atoms with van der Waals surface area (Å²) in [5.41, 5.74) is 1.50. The topological polar surface area (TPSA) is 62.1 Å². The number of halogens is 1. The molecule has 0 heterocycles. The number of nitrogens with one attached hydrogen (secondary N) is 1. The molecule has 1 N–H and O–H groups in total. The standard InChI is InChI=1S/C17H13IN2O2/c1-22-15-8-6-14(7-9-15)20-17(21)13(11-19)10-12-4-2-3-5-16(12)18/h2-10H,1H3,(H,20,21)/b13-10-. The lowest BCUT2D eigenvalue weighted by atomic mass is 10.1. The number of carbonyl (C=O) groups excluding carboxylic acids is 1. The van der Waals surface area contributed by atoms with Crippen LogP contribution in [-0.2, 0) is 4.79 Å². The highest BCUT2D eigenvalue weighted by Crippen LogP contribution is 2.18. The van der Waals surface area contributed by atoms with Gasteiger partial charge in [-0.1, -0.05) is 18.2 Å². The fourth-order valence-corrected chi connectivity index (χ4v) is 2.31. The van der Waals surface area contributed by atoms with Crippen molar-refractivity contribution in [3.05, 3.63) is 63.2 Å². The predicted molar refractivity (Wildman–Crippen MR) is 94.4 cm³/mol. The van der Waals surface area contributed by atoms with E-state index in [0.29, 0.717) is 11.4 Å². The van der Waals surface area contributed by atoms with Gasteiger partial charge in [0.2, 0.25) is 0 Å². The second-order valence-corrected chi connectivity index (χ2v) is 5.54. The van der Waals surface area contributed by atoms with Gasteiger partial charge in [-0.25, -0.2) is 0 Å². The van der Waals surface area contributed by atoms with E-state index in [1.54, 1.807) is 37.5 Å². The lowest BCUT2D eigenvalue weighted by Gasteiger charge is -2.06. The van der Waals surface area contributed by atoms with E-state index in [4.69, 9.17) is 4.74 Å². The molecule has 0 saturated heterocycles. The van der Waals surface area contributed by atoms with Crippen LogP contribution in [0.3, 0.4) is 0 Å². The lowest BCUT2D eigenvalue weighted by Crippen LogP contribution is -2.13. The van der Waals surface area contributed by atoms with Gasteiger partial charge in [0, 0.05) is 9.26 Å². The van der Waals surface area contributed by atoms with Crippen LogP contribution in [0.2, 0.25) is 0 Å². The van der Waals surface area contributed by atoms with Crippen molar-refractivity contribution in [3.8, 4) is 11.8 Å². The molecule has 1 amide bonds. The molecule has 0 radical (unpaired) electrons. The van der Waals surface area contributed by atoms with Gasteiger partial charge in [-0.05, 0) is 64.6 Å². The number of hydrogen-bond acceptors (Lipinski definition) is 3. The molecule has 0 aliphatic heterocycles. The van der Waals surface area contributed by atoms with Crippen LogP contribution in [-0.4, -0.2) is 13.0 Å². The van der Waals surface area contributed by atoms with Crippen LogP contribution in [0.15, 0.2) is 54.1 Å². The van der Waals surface area contributed by atoms with E-state index in [1.165, 1.54) is 0 Å². The summed E-state index contributed by atoms with van der Waals surface area (Å²) in [5, 5.41) is 11.9. The second-order valence-electron chi connectivity index (χ2n) is 4.37. The van der Waals surface area contributed by atoms with Crippen molar-refractivity contribution in [2.75, 3.05) is 12.4 Å². The van der Waals surface area contributed by atoms with Crippen molar-refractivity contribution in [1.82, 2.24) is 0 Å². The van der Waals surface area contributed by atoms with Crippen molar-refractivity contribution >= 4 is 40.3 Å². The van der Waals surface area contributed by atoms with E-state index in [2.05, 4.69) is 27.9 Å². The molecule has 0 saturated carbocycles. The number of benzene rings is 2. The minimum Gasteiger partial charge on any atom is -0.497 e. The smallest absolute Gasteiger partial charge is 0.266 e. The average Bonchev–Trinajstić information content (AvgIpc) is 2.54. The normalized spacial score (nSPS) is 10.7. The highest BCUT2D eigenvalue weighted by molar-refractivity contribution is 14.1. The largest absolute Gasteiger partial charge is 0.497 e. The third-order valence-corrected chi connectivity index (χ3v) is 3.90. The first-order valence-electron chi connectivity index (χ1n) is 6.46. The van der Waals surface area contributed by atoms with E-state index in [-0.39, 0.29) is 5.57 Å². The van der Waals surface area contributed by atoms with Gasteiger partial charge in [0.05, 0.1) is 7.11 Å². The Labute approximate surface area is 142 Å². The number of carbonyl (C=O) groups is 1. The zero-order valence-electron chi connectivity index (χ0n) is 11.8. The first-order chi connectivity index (χ1) is 10.6. The third kappa shape index (κ3) is 4.09. The predicted octanol–water partition coefficient (Wildman–Crippen LogP) is 3.85. The number of methoxy groups -OCH3 is 1. The fraction of sp³-hybridized carbons (Fsp3) is 0.0588. The number of ether oxygens (including phenoxy) is 1. The fourth-order valence-electron chi connectivity index (χ4n) is 1.77. The number of nitrogens with zero attached hydrogens (tertiary/aromatic N) is 1. The van der Waals surface area contributed by atoms with E-state index in [1.807, 2.05) is 30.3 Å². The summed E-state index contributed by atoms with van der Waals surface area (Å²) in [6.45, 7) is 0.